The fourth-order valence-corrected chi connectivity index (χ4v) is 1.99. The lowest BCUT2D eigenvalue weighted by molar-refractivity contribution is -0.137. The van der Waals surface area contributed by atoms with Crippen molar-refractivity contribution < 1.29 is 19.5 Å². The highest BCUT2D eigenvalue weighted by Crippen LogP contribution is 2.14. The predicted molar refractivity (Wildman–Crippen MR) is 56.0 cm³/mol. The Morgan fingerprint density at radius 1 is 1.24 bits per heavy atom. The van der Waals surface area contributed by atoms with Gasteiger partial charge in [-0.3, -0.25) is 4.79 Å². The Labute approximate surface area is 97.3 Å². The van der Waals surface area contributed by atoms with Crippen LogP contribution in [0.1, 0.15) is 19.3 Å². The SMILES string of the molecule is O=C(O)CCCCN1C(=O)NC2NC(=O)NC21. The summed E-state index contributed by atoms with van der Waals surface area (Å²) in [4.78, 5) is 34.4. The number of unbranched alkanes of at least 4 members (excludes halogenated alkanes) is 1. The van der Waals surface area contributed by atoms with Crippen molar-refractivity contribution >= 4 is 18.0 Å². The number of carbonyl (C=O) groups excluding carboxylic acids is 2. The number of fused-ring (bicyclic) bond motifs is 1. The molecule has 2 atom stereocenters. The molecular formula is C9H14N4O4. The maximum Gasteiger partial charge on any atom is 0.320 e. The molecule has 2 fully saturated rings. The van der Waals surface area contributed by atoms with Crippen LogP contribution < -0.4 is 16.0 Å². The molecule has 0 bridgehead atoms. The van der Waals surface area contributed by atoms with Crippen LogP contribution in [0.25, 0.3) is 0 Å². The summed E-state index contributed by atoms with van der Waals surface area (Å²) in [5.74, 6) is -0.843. The second-order valence-electron chi connectivity index (χ2n) is 4.03. The van der Waals surface area contributed by atoms with Crippen LogP contribution in [0.2, 0.25) is 0 Å². The topological polar surface area (TPSA) is 111 Å². The summed E-state index contributed by atoms with van der Waals surface area (Å²) in [6.45, 7) is 0.433. The van der Waals surface area contributed by atoms with Crippen molar-refractivity contribution in [2.75, 3.05) is 6.54 Å². The summed E-state index contributed by atoms with van der Waals surface area (Å²) in [5.41, 5.74) is 0. The van der Waals surface area contributed by atoms with E-state index < -0.39 is 12.1 Å². The number of urea groups is 2. The summed E-state index contributed by atoms with van der Waals surface area (Å²) in [7, 11) is 0. The van der Waals surface area contributed by atoms with Crippen molar-refractivity contribution in [2.45, 2.75) is 31.6 Å². The van der Waals surface area contributed by atoms with E-state index in [1.807, 2.05) is 0 Å². The number of aliphatic carboxylic acids is 1. The Kier molecular flexibility index (Phi) is 3.03. The third-order valence-electron chi connectivity index (χ3n) is 2.80. The van der Waals surface area contributed by atoms with Crippen LogP contribution in [-0.2, 0) is 4.79 Å². The third kappa shape index (κ3) is 2.40. The van der Waals surface area contributed by atoms with Gasteiger partial charge in [0.15, 0.2) is 0 Å². The molecule has 94 valence electrons. The van der Waals surface area contributed by atoms with E-state index in [0.717, 1.165) is 0 Å². The average Bonchev–Trinajstić information content (AvgIpc) is 2.69. The maximum atomic E-state index is 11.5. The van der Waals surface area contributed by atoms with Gasteiger partial charge in [-0.1, -0.05) is 0 Å². The summed E-state index contributed by atoms with van der Waals surface area (Å²) < 4.78 is 0. The first-order valence-corrected chi connectivity index (χ1v) is 5.44. The second kappa shape index (κ2) is 4.48. The van der Waals surface area contributed by atoms with E-state index in [9.17, 15) is 14.4 Å². The molecule has 2 unspecified atom stereocenters. The van der Waals surface area contributed by atoms with E-state index in [-0.39, 0.29) is 24.6 Å². The summed E-state index contributed by atoms with van der Waals surface area (Å²) in [5, 5.41) is 16.3. The number of carboxylic acid groups (broad SMARTS) is 1. The lowest BCUT2D eigenvalue weighted by Crippen LogP contribution is -2.43. The molecule has 0 aromatic rings. The number of carboxylic acids is 1. The van der Waals surface area contributed by atoms with Crippen LogP contribution in [0.4, 0.5) is 9.59 Å². The van der Waals surface area contributed by atoms with E-state index in [4.69, 9.17) is 5.11 Å². The van der Waals surface area contributed by atoms with Crippen LogP contribution in [0, 0.1) is 0 Å². The molecule has 0 aromatic heterocycles. The first kappa shape index (κ1) is 11.5. The van der Waals surface area contributed by atoms with Crippen LogP contribution in [0.15, 0.2) is 0 Å². The van der Waals surface area contributed by atoms with Crippen LogP contribution >= 0.6 is 0 Å². The van der Waals surface area contributed by atoms with Gasteiger partial charge in [-0.15, -0.1) is 0 Å². The number of nitrogens with zero attached hydrogens (tertiary/aromatic N) is 1. The minimum Gasteiger partial charge on any atom is -0.481 e. The zero-order valence-corrected chi connectivity index (χ0v) is 9.10. The molecule has 17 heavy (non-hydrogen) atoms. The first-order valence-electron chi connectivity index (χ1n) is 5.44. The monoisotopic (exact) mass is 242 g/mol. The van der Waals surface area contributed by atoms with E-state index in [2.05, 4.69) is 16.0 Å². The van der Waals surface area contributed by atoms with E-state index in [1.54, 1.807) is 0 Å². The molecule has 0 saturated carbocycles. The van der Waals surface area contributed by atoms with Crippen LogP contribution in [0.5, 0.6) is 0 Å². The van der Waals surface area contributed by atoms with Gasteiger partial charge in [0, 0.05) is 13.0 Å². The van der Waals surface area contributed by atoms with E-state index in [0.29, 0.717) is 19.4 Å². The smallest absolute Gasteiger partial charge is 0.320 e. The molecule has 2 aliphatic rings. The van der Waals surface area contributed by atoms with Gasteiger partial charge >= 0.3 is 18.0 Å². The van der Waals surface area contributed by atoms with Gasteiger partial charge in [0.25, 0.3) is 0 Å². The number of rotatable bonds is 5. The molecule has 4 N–H and O–H groups in total. The van der Waals surface area contributed by atoms with Crippen molar-refractivity contribution in [1.29, 1.82) is 0 Å². The lowest BCUT2D eigenvalue weighted by atomic mass is 10.2. The summed E-state index contributed by atoms with van der Waals surface area (Å²) in [6.07, 6.45) is 0.430. The zero-order chi connectivity index (χ0) is 12.4. The number of nitrogens with one attached hydrogen (secondary N) is 3. The molecule has 4 amide bonds. The summed E-state index contributed by atoms with van der Waals surface area (Å²) >= 11 is 0. The Balaban J connectivity index is 1.81. The number of hydrogen-bond acceptors (Lipinski definition) is 3. The molecule has 0 spiro atoms. The minimum absolute atomic E-state index is 0.0914. The predicted octanol–water partition coefficient (Wildman–Crippen LogP) is -0.768. The van der Waals surface area contributed by atoms with Gasteiger partial charge in [0.2, 0.25) is 0 Å². The largest absolute Gasteiger partial charge is 0.481 e. The fraction of sp³-hybridized carbons (Fsp3) is 0.667. The highest BCUT2D eigenvalue weighted by molar-refractivity contribution is 5.84. The Bertz CT molecular complexity index is 359. The number of amides is 4. The van der Waals surface area contributed by atoms with Gasteiger partial charge in [-0.05, 0) is 12.8 Å². The number of hydrogen-bond donors (Lipinski definition) is 4. The second-order valence-corrected chi connectivity index (χ2v) is 4.03. The van der Waals surface area contributed by atoms with E-state index in [1.165, 1.54) is 4.90 Å². The van der Waals surface area contributed by atoms with Gasteiger partial charge in [0.05, 0.1) is 0 Å². The van der Waals surface area contributed by atoms with Gasteiger partial charge in [-0.25, -0.2) is 9.59 Å². The van der Waals surface area contributed by atoms with E-state index >= 15 is 0 Å². The van der Waals surface area contributed by atoms with Crippen molar-refractivity contribution in [3.05, 3.63) is 0 Å². The summed E-state index contributed by atoms with van der Waals surface area (Å²) in [6, 6.07) is -0.557. The van der Waals surface area contributed by atoms with Crippen molar-refractivity contribution in [3.8, 4) is 0 Å². The fourth-order valence-electron chi connectivity index (χ4n) is 1.99. The van der Waals surface area contributed by atoms with Crippen molar-refractivity contribution in [3.63, 3.8) is 0 Å². The lowest BCUT2D eigenvalue weighted by Gasteiger charge is -2.20. The van der Waals surface area contributed by atoms with Crippen molar-refractivity contribution in [1.82, 2.24) is 20.9 Å². The Morgan fingerprint density at radius 2 is 2.00 bits per heavy atom. The Morgan fingerprint density at radius 3 is 2.71 bits per heavy atom. The minimum atomic E-state index is -0.843. The number of carbonyl (C=O) groups is 3. The zero-order valence-electron chi connectivity index (χ0n) is 9.10. The van der Waals surface area contributed by atoms with Crippen LogP contribution in [-0.4, -0.2) is 46.9 Å². The standard InChI is InChI=1S/C9H14N4O4/c14-5(15)3-1-2-4-13-7-6(11-9(13)17)10-8(16)12-7/h6-7H,1-4H2,(H,11,17)(H,14,15)(H2,10,12,16). The quantitative estimate of drug-likeness (QED) is 0.474. The highest BCUT2D eigenvalue weighted by Gasteiger charge is 2.44. The van der Waals surface area contributed by atoms with Gasteiger partial charge in [0.1, 0.15) is 12.3 Å². The Hall–Kier alpha value is -1.99. The molecule has 2 saturated heterocycles. The molecule has 2 rings (SSSR count). The molecule has 0 aliphatic carbocycles. The first-order chi connectivity index (χ1) is 8.08. The normalized spacial score (nSPS) is 26.2. The molecule has 2 heterocycles. The van der Waals surface area contributed by atoms with Crippen molar-refractivity contribution in [2.24, 2.45) is 0 Å². The maximum absolute atomic E-state index is 11.5. The molecular weight excluding hydrogens is 228 g/mol. The molecule has 0 aromatic carbocycles. The average molecular weight is 242 g/mol. The molecule has 2 aliphatic heterocycles. The molecule has 8 heteroatoms. The van der Waals surface area contributed by atoms with Gasteiger partial charge < -0.3 is 26.0 Å². The highest BCUT2D eigenvalue weighted by atomic mass is 16.4. The molecule has 8 nitrogen and oxygen atoms in total. The molecule has 0 radical (unpaired) electrons. The van der Waals surface area contributed by atoms with Crippen LogP contribution in [0.3, 0.4) is 0 Å². The third-order valence-corrected chi connectivity index (χ3v) is 2.80. The van der Waals surface area contributed by atoms with Gasteiger partial charge in [-0.2, -0.15) is 0 Å².